The molecule has 0 aliphatic heterocycles. The van der Waals surface area contributed by atoms with Crippen LogP contribution in [0.5, 0.6) is 5.75 Å². The SMILES string of the molecule is Cc1nc(-c2nnn(C)c2CNC(=O)OCc2ccccc2)ccc1O[C@H]1CCC[C@](F)(C(=O)OC(C)C)C1. The first-order valence-corrected chi connectivity index (χ1v) is 13.0. The zero-order chi connectivity index (χ0) is 28.0. The summed E-state index contributed by atoms with van der Waals surface area (Å²) < 4.78 is 33.4. The smallest absolute Gasteiger partial charge is 0.407 e. The van der Waals surface area contributed by atoms with E-state index in [4.69, 9.17) is 14.2 Å². The molecular formula is C28H34FN5O5. The fourth-order valence-corrected chi connectivity index (χ4v) is 4.47. The van der Waals surface area contributed by atoms with Gasteiger partial charge in [0.1, 0.15) is 24.2 Å². The predicted molar refractivity (Wildman–Crippen MR) is 140 cm³/mol. The number of hydrogen-bond acceptors (Lipinski definition) is 8. The third kappa shape index (κ3) is 7.10. The van der Waals surface area contributed by atoms with Crippen LogP contribution >= 0.6 is 0 Å². The van der Waals surface area contributed by atoms with E-state index in [2.05, 4.69) is 20.6 Å². The molecule has 1 aliphatic carbocycles. The fraction of sp³-hybridized carbons (Fsp3) is 0.464. The highest BCUT2D eigenvalue weighted by Crippen LogP contribution is 2.36. The highest BCUT2D eigenvalue weighted by molar-refractivity contribution is 5.79. The topological polar surface area (TPSA) is 117 Å². The number of pyridine rings is 1. The van der Waals surface area contributed by atoms with E-state index in [1.165, 1.54) is 0 Å². The maximum Gasteiger partial charge on any atom is 0.407 e. The average molecular weight is 540 g/mol. The van der Waals surface area contributed by atoms with Crippen LogP contribution < -0.4 is 10.1 Å². The Morgan fingerprint density at radius 1 is 1.21 bits per heavy atom. The Hall–Kier alpha value is -4.02. The molecule has 11 heteroatoms. The number of benzene rings is 1. The number of alkyl halides is 1. The lowest BCUT2D eigenvalue weighted by atomic mass is 9.84. The highest BCUT2D eigenvalue weighted by atomic mass is 19.1. The molecule has 0 radical (unpaired) electrons. The molecule has 1 aromatic carbocycles. The monoisotopic (exact) mass is 539 g/mol. The fourth-order valence-electron chi connectivity index (χ4n) is 4.47. The third-order valence-corrected chi connectivity index (χ3v) is 6.49. The second-order valence-electron chi connectivity index (χ2n) is 9.96. The number of ether oxygens (including phenoxy) is 3. The number of carbonyl (C=O) groups is 2. The molecule has 208 valence electrons. The first kappa shape index (κ1) is 28.0. The summed E-state index contributed by atoms with van der Waals surface area (Å²) in [5, 5.41) is 11.0. The second kappa shape index (κ2) is 12.2. The predicted octanol–water partition coefficient (Wildman–Crippen LogP) is 4.59. The van der Waals surface area contributed by atoms with E-state index in [0.29, 0.717) is 41.4 Å². The summed E-state index contributed by atoms with van der Waals surface area (Å²) in [5.41, 5.74) is 1.11. The molecule has 1 saturated carbocycles. The molecule has 0 saturated heterocycles. The van der Waals surface area contributed by atoms with Crippen molar-refractivity contribution in [1.29, 1.82) is 0 Å². The van der Waals surface area contributed by atoms with Crippen molar-refractivity contribution in [2.45, 2.75) is 77.5 Å². The molecule has 39 heavy (non-hydrogen) atoms. The maximum absolute atomic E-state index is 15.3. The van der Waals surface area contributed by atoms with E-state index in [9.17, 15) is 9.59 Å². The van der Waals surface area contributed by atoms with Crippen LogP contribution in [0.25, 0.3) is 11.4 Å². The summed E-state index contributed by atoms with van der Waals surface area (Å²) in [5.74, 6) is -0.331. The number of carbonyl (C=O) groups excluding carboxylic acids is 2. The van der Waals surface area contributed by atoms with Gasteiger partial charge in [-0.3, -0.25) is 0 Å². The minimum Gasteiger partial charge on any atom is -0.488 e. The van der Waals surface area contributed by atoms with Crippen LogP contribution in [0.4, 0.5) is 9.18 Å². The summed E-state index contributed by atoms with van der Waals surface area (Å²) in [6.45, 7) is 5.48. The van der Waals surface area contributed by atoms with Gasteiger partial charge < -0.3 is 19.5 Å². The zero-order valence-corrected chi connectivity index (χ0v) is 22.6. The second-order valence-corrected chi connectivity index (χ2v) is 9.96. The van der Waals surface area contributed by atoms with Crippen LogP contribution in [0.2, 0.25) is 0 Å². The van der Waals surface area contributed by atoms with Crippen LogP contribution in [-0.2, 0) is 34.5 Å². The van der Waals surface area contributed by atoms with Crippen molar-refractivity contribution in [3.63, 3.8) is 0 Å². The molecule has 0 spiro atoms. The van der Waals surface area contributed by atoms with Crippen LogP contribution in [0, 0.1) is 6.92 Å². The molecule has 2 heterocycles. The molecular weight excluding hydrogens is 505 g/mol. The number of nitrogens with one attached hydrogen (secondary N) is 1. The Kier molecular flexibility index (Phi) is 8.78. The van der Waals surface area contributed by atoms with Gasteiger partial charge in [-0.2, -0.15) is 0 Å². The van der Waals surface area contributed by atoms with Crippen LogP contribution in [0.3, 0.4) is 0 Å². The Morgan fingerprint density at radius 2 is 1.97 bits per heavy atom. The summed E-state index contributed by atoms with van der Waals surface area (Å²) in [6, 6.07) is 12.9. The molecule has 1 N–H and O–H groups in total. The number of aromatic nitrogens is 4. The molecule has 1 fully saturated rings. The van der Waals surface area contributed by atoms with Crippen molar-refractivity contribution in [3.05, 3.63) is 59.4 Å². The molecule has 3 aromatic rings. The first-order valence-electron chi connectivity index (χ1n) is 13.0. The number of esters is 1. The van der Waals surface area contributed by atoms with Gasteiger partial charge in [0.05, 0.1) is 29.7 Å². The minimum atomic E-state index is -2.06. The maximum atomic E-state index is 15.3. The molecule has 1 amide bonds. The summed E-state index contributed by atoms with van der Waals surface area (Å²) >= 11 is 0. The lowest BCUT2D eigenvalue weighted by Crippen LogP contribution is -2.44. The van der Waals surface area contributed by atoms with E-state index in [0.717, 1.165) is 5.56 Å². The van der Waals surface area contributed by atoms with E-state index in [1.54, 1.807) is 44.6 Å². The number of rotatable bonds is 9. The number of halogens is 1. The van der Waals surface area contributed by atoms with E-state index in [-0.39, 0.29) is 32.1 Å². The van der Waals surface area contributed by atoms with Crippen molar-refractivity contribution in [3.8, 4) is 17.1 Å². The average Bonchev–Trinajstić information content (AvgIpc) is 3.27. The van der Waals surface area contributed by atoms with Crippen molar-refractivity contribution in [2.75, 3.05) is 0 Å². The van der Waals surface area contributed by atoms with Gasteiger partial charge in [-0.1, -0.05) is 35.5 Å². The van der Waals surface area contributed by atoms with Gasteiger partial charge in [-0.25, -0.2) is 23.6 Å². The number of amides is 1. The molecule has 4 rings (SSSR count). The molecule has 2 atom stereocenters. The van der Waals surface area contributed by atoms with Crippen LogP contribution in [0.15, 0.2) is 42.5 Å². The molecule has 1 aliphatic rings. The lowest BCUT2D eigenvalue weighted by Gasteiger charge is -2.33. The first-order chi connectivity index (χ1) is 18.6. The van der Waals surface area contributed by atoms with Crippen molar-refractivity contribution in [2.24, 2.45) is 7.05 Å². The van der Waals surface area contributed by atoms with Gasteiger partial charge >= 0.3 is 12.1 Å². The molecule has 0 unspecified atom stereocenters. The van der Waals surface area contributed by atoms with E-state index >= 15 is 4.39 Å². The van der Waals surface area contributed by atoms with E-state index in [1.807, 2.05) is 30.3 Å². The number of alkyl carbamates (subject to hydrolysis) is 1. The third-order valence-electron chi connectivity index (χ3n) is 6.49. The van der Waals surface area contributed by atoms with Crippen molar-refractivity contribution >= 4 is 12.1 Å². The lowest BCUT2D eigenvalue weighted by molar-refractivity contribution is -0.166. The van der Waals surface area contributed by atoms with Gasteiger partial charge in [0.15, 0.2) is 0 Å². The molecule has 2 aromatic heterocycles. The highest BCUT2D eigenvalue weighted by Gasteiger charge is 2.46. The zero-order valence-electron chi connectivity index (χ0n) is 22.6. The Balaban J connectivity index is 1.39. The quantitative estimate of drug-likeness (QED) is 0.392. The van der Waals surface area contributed by atoms with Crippen LogP contribution in [0.1, 0.15) is 56.5 Å². The van der Waals surface area contributed by atoms with Gasteiger partial charge in [-0.15, -0.1) is 5.10 Å². The largest absolute Gasteiger partial charge is 0.488 e. The summed E-state index contributed by atoms with van der Waals surface area (Å²) in [4.78, 5) is 29.2. The molecule has 10 nitrogen and oxygen atoms in total. The molecule has 0 bridgehead atoms. The van der Waals surface area contributed by atoms with Gasteiger partial charge in [0.25, 0.3) is 0 Å². The number of aryl methyl sites for hydroxylation is 2. The van der Waals surface area contributed by atoms with Crippen molar-refractivity contribution < 1.29 is 28.2 Å². The van der Waals surface area contributed by atoms with Gasteiger partial charge in [-0.05, 0) is 57.7 Å². The number of hydrogen-bond donors (Lipinski definition) is 1. The van der Waals surface area contributed by atoms with Crippen LogP contribution in [-0.4, -0.2) is 49.9 Å². The Bertz CT molecular complexity index is 1300. The Labute approximate surface area is 226 Å². The van der Waals surface area contributed by atoms with Gasteiger partial charge in [0, 0.05) is 13.5 Å². The summed E-state index contributed by atoms with van der Waals surface area (Å²) in [7, 11) is 1.73. The minimum absolute atomic E-state index is 0.0694. The standard InChI is InChI=1S/C28H34FN5O5/c1-18(2)38-26(35)28(29)14-8-11-21(15-28)39-24-13-12-22(31-19(24)3)25-23(34(4)33-32-25)16-30-27(36)37-17-20-9-6-5-7-10-20/h5-7,9-10,12-13,18,21H,8,11,14-17H2,1-4H3,(H,30,36)/t21-,28+/m0/s1. The number of nitrogens with zero attached hydrogens (tertiary/aromatic N) is 4. The Morgan fingerprint density at radius 3 is 2.69 bits per heavy atom. The van der Waals surface area contributed by atoms with Gasteiger partial charge in [0.2, 0.25) is 5.67 Å². The van der Waals surface area contributed by atoms with Crippen molar-refractivity contribution in [1.82, 2.24) is 25.3 Å². The normalized spacial score (nSPS) is 19.0. The summed E-state index contributed by atoms with van der Waals surface area (Å²) in [6.07, 6.45) is -0.227. The van der Waals surface area contributed by atoms with E-state index < -0.39 is 23.8 Å².